The van der Waals surface area contributed by atoms with Crippen molar-refractivity contribution in [3.05, 3.63) is 69.9 Å². The van der Waals surface area contributed by atoms with Gasteiger partial charge >= 0.3 is 0 Å². The maximum Gasteiger partial charge on any atom is 0.0962 e. The van der Waals surface area contributed by atoms with E-state index in [9.17, 15) is 5.11 Å². The number of nitrogens with two attached hydrogens (primary N) is 1. The van der Waals surface area contributed by atoms with Crippen molar-refractivity contribution in [1.82, 2.24) is 0 Å². The van der Waals surface area contributed by atoms with Crippen LogP contribution in [0.2, 0.25) is 0 Å². The molecular formula is C18H20ClNOS. The minimum atomic E-state index is -0.546. The molecule has 0 saturated heterocycles. The number of benzene rings is 2. The summed E-state index contributed by atoms with van der Waals surface area (Å²) in [6.07, 6.45) is -0.546. The minimum absolute atomic E-state index is 0. The van der Waals surface area contributed by atoms with Gasteiger partial charge in [0.15, 0.2) is 0 Å². The number of fused-ring (bicyclic) bond motifs is 1. The van der Waals surface area contributed by atoms with Gasteiger partial charge in [0.05, 0.1) is 6.10 Å². The van der Waals surface area contributed by atoms with Crippen LogP contribution in [0, 0.1) is 6.92 Å². The Labute approximate surface area is 141 Å². The molecule has 2 nitrogen and oxygen atoms in total. The summed E-state index contributed by atoms with van der Waals surface area (Å²) in [7, 11) is 0. The summed E-state index contributed by atoms with van der Waals surface area (Å²) >= 11 is 1.63. The normalized spacial score (nSPS) is 13.6. The third-order valence-corrected chi connectivity index (χ3v) is 4.96. The monoisotopic (exact) mass is 333 g/mol. The van der Waals surface area contributed by atoms with Gasteiger partial charge in [0.1, 0.15) is 0 Å². The number of thiophene rings is 1. The van der Waals surface area contributed by atoms with E-state index in [4.69, 9.17) is 5.73 Å². The highest BCUT2D eigenvalue weighted by molar-refractivity contribution is 7.12. The van der Waals surface area contributed by atoms with E-state index in [-0.39, 0.29) is 18.3 Å². The standard InChI is InChI=1S/C18H19NOS.ClH/c1-12-6-9-17(21-12)18(20)16(11-19)15-8-7-13-4-2-3-5-14(13)10-15;/h2-10,16,18,20H,11,19H2,1H3;1H. The summed E-state index contributed by atoms with van der Waals surface area (Å²) in [4.78, 5) is 2.19. The summed E-state index contributed by atoms with van der Waals surface area (Å²) in [6, 6.07) is 18.6. The van der Waals surface area contributed by atoms with Gasteiger partial charge in [0.25, 0.3) is 0 Å². The Bertz CT molecular complexity index is 755. The molecule has 3 N–H and O–H groups in total. The van der Waals surface area contributed by atoms with E-state index >= 15 is 0 Å². The smallest absolute Gasteiger partial charge is 0.0962 e. The lowest BCUT2D eigenvalue weighted by atomic mass is 9.91. The van der Waals surface area contributed by atoms with E-state index in [1.165, 1.54) is 15.6 Å². The van der Waals surface area contributed by atoms with Crippen LogP contribution < -0.4 is 5.73 Å². The number of aryl methyl sites for hydroxylation is 1. The fraction of sp³-hybridized carbons (Fsp3) is 0.222. The quantitative estimate of drug-likeness (QED) is 0.743. The first-order chi connectivity index (χ1) is 10.2. The van der Waals surface area contributed by atoms with Crippen LogP contribution in [-0.4, -0.2) is 11.7 Å². The van der Waals surface area contributed by atoms with Crippen LogP contribution in [0.15, 0.2) is 54.6 Å². The van der Waals surface area contributed by atoms with Gasteiger partial charge in [0, 0.05) is 22.2 Å². The highest BCUT2D eigenvalue weighted by Gasteiger charge is 2.22. The molecule has 0 amide bonds. The van der Waals surface area contributed by atoms with E-state index in [0.29, 0.717) is 6.54 Å². The first-order valence-corrected chi connectivity index (χ1v) is 7.94. The zero-order valence-electron chi connectivity index (χ0n) is 12.4. The van der Waals surface area contributed by atoms with Gasteiger partial charge in [0.2, 0.25) is 0 Å². The molecule has 2 unspecified atom stereocenters. The van der Waals surface area contributed by atoms with Crippen molar-refractivity contribution in [3.8, 4) is 0 Å². The van der Waals surface area contributed by atoms with Crippen molar-refractivity contribution < 1.29 is 5.11 Å². The van der Waals surface area contributed by atoms with Crippen molar-refractivity contribution in [2.45, 2.75) is 18.9 Å². The highest BCUT2D eigenvalue weighted by Crippen LogP contribution is 2.34. The fourth-order valence-corrected chi connectivity index (χ4v) is 3.63. The average Bonchev–Trinajstić information content (AvgIpc) is 2.94. The van der Waals surface area contributed by atoms with Crippen LogP contribution in [0.1, 0.15) is 27.3 Å². The topological polar surface area (TPSA) is 46.2 Å². The van der Waals surface area contributed by atoms with E-state index in [2.05, 4.69) is 30.3 Å². The van der Waals surface area contributed by atoms with Crippen LogP contribution in [0.5, 0.6) is 0 Å². The molecule has 0 aliphatic heterocycles. The summed E-state index contributed by atoms with van der Waals surface area (Å²) in [6.45, 7) is 2.48. The van der Waals surface area contributed by atoms with E-state index in [1.54, 1.807) is 11.3 Å². The van der Waals surface area contributed by atoms with Crippen molar-refractivity contribution in [1.29, 1.82) is 0 Å². The molecule has 0 bridgehead atoms. The van der Waals surface area contributed by atoms with Gasteiger partial charge in [-0.1, -0.05) is 42.5 Å². The van der Waals surface area contributed by atoms with E-state index in [0.717, 1.165) is 10.4 Å². The molecule has 4 heteroatoms. The predicted octanol–water partition coefficient (Wildman–Crippen LogP) is 4.41. The molecule has 0 fully saturated rings. The molecule has 2 atom stereocenters. The summed E-state index contributed by atoms with van der Waals surface area (Å²) in [5.41, 5.74) is 7.03. The molecule has 1 aromatic heterocycles. The molecule has 3 aromatic rings. The largest absolute Gasteiger partial charge is 0.387 e. The summed E-state index contributed by atoms with van der Waals surface area (Å²) in [5.74, 6) is -0.0762. The molecule has 0 saturated carbocycles. The number of hydrogen-bond donors (Lipinski definition) is 2. The summed E-state index contributed by atoms with van der Waals surface area (Å²) < 4.78 is 0. The second kappa shape index (κ2) is 7.25. The van der Waals surface area contributed by atoms with E-state index < -0.39 is 6.10 Å². The first-order valence-electron chi connectivity index (χ1n) is 7.12. The Hall–Kier alpha value is -1.39. The number of aliphatic hydroxyl groups excluding tert-OH is 1. The zero-order chi connectivity index (χ0) is 14.8. The average molecular weight is 334 g/mol. The second-order valence-corrected chi connectivity index (χ2v) is 6.66. The van der Waals surface area contributed by atoms with Gasteiger partial charge in [-0.3, -0.25) is 0 Å². The van der Waals surface area contributed by atoms with Crippen molar-refractivity contribution >= 4 is 34.5 Å². The Morgan fingerprint density at radius 3 is 2.41 bits per heavy atom. The van der Waals surface area contributed by atoms with Crippen LogP contribution in [0.25, 0.3) is 10.8 Å². The Kier molecular flexibility index (Phi) is 5.59. The lowest BCUT2D eigenvalue weighted by molar-refractivity contribution is 0.151. The Morgan fingerprint density at radius 2 is 1.77 bits per heavy atom. The van der Waals surface area contributed by atoms with Gasteiger partial charge in [-0.15, -0.1) is 23.7 Å². The number of aliphatic hydroxyl groups is 1. The molecule has 22 heavy (non-hydrogen) atoms. The second-order valence-electron chi connectivity index (χ2n) is 5.34. The maximum absolute atomic E-state index is 10.6. The molecule has 1 heterocycles. The molecule has 116 valence electrons. The van der Waals surface area contributed by atoms with E-state index in [1.807, 2.05) is 31.2 Å². The first kappa shape index (κ1) is 17.0. The number of hydrogen-bond acceptors (Lipinski definition) is 3. The van der Waals surface area contributed by atoms with Gasteiger partial charge < -0.3 is 10.8 Å². The molecule has 3 rings (SSSR count). The van der Waals surface area contributed by atoms with Crippen LogP contribution in [0.3, 0.4) is 0 Å². The Balaban J connectivity index is 0.00000176. The number of halogens is 1. The van der Waals surface area contributed by atoms with Gasteiger partial charge in [-0.25, -0.2) is 0 Å². The lowest BCUT2D eigenvalue weighted by Gasteiger charge is -2.21. The molecule has 0 spiro atoms. The van der Waals surface area contributed by atoms with Gasteiger partial charge in [-0.05, 0) is 35.4 Å². The molecular weight excluding hydrogens is 314 g/mol. The molecule has 0 aliphatic carbocycles. The van der Waals surface area contributed by atoms with Crippen LogP contribution in [-0.2, 0) is 0 Å². The molecule has 0 radical (unpaired) electrons. The van der Waals surface area contributed by atoms with Crippen molar-refractivity contribution in [2.75, 3.05) is 6.54 Å². The van der Waals surface area contributed by atoms with Crippen LogP contribution in [0.4, 0.5) is 0 Å². The van der Waals surface area contributed by atoms with Crippen molar-refractivity contribution in [3.63, 3.8) is 0 Å². The van der Waals surface area contributed by atoms with Crippen LogP contribution >= 0.6 is 23.7 Å². The minimum Gasteiger partial charge on any atom is -0.387 e. The SMILES string of the molecule is Cc1ccc(C(O)C(CN)c2ccc3ccccc3c2)s1.Cl. The fourth-order valence-electron chi connectivity index (χ4n) is 2.70. The Morgan fingerprint density at radius 1 is 1.05 bits per heavy atom. The molecule has 0 aliphatic rings. The number of rotatable bonds is 4. The van der Waals surface area contributed by atoms with Crippen molar-refractivity contribution in [2.24, 2.45) is 5.73 Å². The lowest BCUT2D eigenvalue weighted by Crippen LogP contribution is -2.19. The van der Waals surface area contributed by atoms with Gasteiger partial charge in [-0.2, -0.15) is 0 Å². The molecule has 2 aromatic carbocycles. The zero-order valence-corrected chi connectivity index (χ0v) is 14.0. The predicted molar refractivity (Wildman–Crippen MR) is 97.0 cm³/mol. The maximum atomic E-state index is 10.6. The third kappa shape index (κ3) is 3.33. The highest BCUT2D eigenvalue weighted by atomic mass is 35.5. The summed E-state index contributed by atoms with van der Waals surface area (Å²) in [5, 5.41) is 13.0. The third-order valence-electron chi connectivity index (χ3n) is 3.89.